The van der Waals surface area contributed by atoms with E-state index in [1.807, 2.05) is 0 Å². The van der Waals surface area contributed by atoms with E-state index in [9.17, 15) is 21.6 Å². The van der Waals surface area contributed by atoms with Crippen molar-refractivity contribution in [3.8, 4) is 6.07 Å². The smallest absolute Gasteiger partial charge is 0.206 e. The number of thiophene rings is 1. The van der Waals surface area contributed by atoms with Crippen LogP contribution in [0.4, 0.5) is 13.2 Å². The summed E-state index contributed by atoms with van der Waals surface area (Å²) in [6, 6.07) is 3.01. The fourth-order valence-corrected chi connectivity index (χ4v) is 4.55. The molecule has 0 atom stereocenters. The minimum atomic E-state index is -4.65. The Kier molecular flexibility index (Phi) is 5.18. The maximum Gasteiger partial charge on any atom is 0.402 e. The van der Waals surface area contributed by atoms with Gasteiger partial charge in [-0.3, -0.25) is 0 Å². The highest BCUT2D eigenvalue weighted by Gasteiger charge is 2.37. The van der Waals surface area contributed by atoms with Crippen molar-refractivity contribution < 1.29 is 21.6 Å². The monoisotopic (exact) mass is 326 g/mol. The summed E-state index contributed by atoms with van der Waals surface area (Å²) in [7, 11) is -4.23. The first kappa shape index (κ1) is 16.9. The standard InChI is InChI=1S/C11H13F3N2O2S2/c1-8-6-10(19-9(8)2)20(17,18)16(5-3-4-15)7-11(12,13)14/h6H,3,5,7H2,1-2H3. The van der Waals surface area contributed by atoms with Crippen LogP contribution in [0.2, 0.25) is 0 Å². The number of rotatable bonds is 5. The largest absolute Gasteiger partial charge is 0.402 e. The number of aryl methyl sites for hydroxylation is 2. The zero-order valence-electron chi connectivity index (χ0n) is 10.9. The second-order valence-corrected chi connectivity index (χ2v) is 7.59. The molecule has 0 saturated carbocycles. The molecule has 0 unspecified atom stereocenters. The Balaban J connectivity index is 3.13. The molecule has 0 saturated heterocycles. The molecule has 0 aliphatic heterocycles. The normalized spacial score (nSPS) is 12.7. The lowest BCUT2D eigenvalue weighted by Gasteiger charge is -2.21. The fourth-order valence-electron chi connectivity index (χ4n) is 1.45. The highest BCUT2D eigenvalue weighted by atomic mass is 32.2. The maximum atomic E-state index is 12.5. The summed E-state index contributed by atoms with van der Waals surface area (Å²) in [5.41, 5.74) is 0.709. The van der Waals surface area contributed by atoms with E-state index in [4.69, 9.17) is 5.26 Å². The SMILES string of the molecule is Cc1cc(S(=O)(=O)N(CCC#N)CC(F)(F)F)sc1C. The molecule has 9 heteroatoms. The highest BCUT2D eigenvalue weighted by molar-refractivity contribution is 7.91. The summed E-state index contributed by atoms with van der Waals surface area (Å²) in [5.74, 6) is 0. The van der Waals surface area contributed by atoms with Crippen LogP contribution in [0.25, 0.3) is 0 Å². The van der Waals surface area contributed by atoms with Crippen molar-refractivity contribution in [3.05, 3.63) is 16.5 Å². The van der Waals surface area contributed by atoms with Gasteiger partial charge in [-0.2, -0.15) is 22.7 Å². The summed E-state index contributed by atoms with van der Waals surface area (Å²) in [6.07, 6.45) is -4.94. The van der Waals surface area contributed by atoms with Gasteiger partial charge in [0.2, 0.25) is 0 Å². The summed E-state index contributed by atoms with van der Waals surface area (Å²) < 4.78 is 62.0. The van der Waals surface area contributed by atoms with Crippen LogP contribution in [-0.4, -0.2) is 32.0 Å². The minimum absolute atomic E-state index is 0.130. The molecule has 0 spiro atoms. The van der Waals surface area contributed by atoms with Crippen molar-refractivity contribution in [3.63, 3.8) is 0 Å². The molecule has 1 rings (SSSR count). The van der Waals surface area contributed by atoms with Crippen LogP contribution in [0.5, 0.6) is 0 Å². The number of nitrogens with zero attached hydrogens (tertiary/aromatic N) is 2. The summed E-state index contributed by atoms with van der Waals surface area (Å²) >= 11 is 0.929. The molecule has 4 nitrogen and oxygen atoms in total. The van der Waals surface area contributed by atoms with Crippen LogP contribution in [0.3, 0.4) is 0 Å². The number of halogens is 3. The van der Waals surface area contributed by atoms with Gasteiger partial charge in [0.1, 0.15) is 10.8 Å². The van der Waals surface area contributed by atoms with Crippen LogP contribution in [0.15, 0.2) is 10.3 Å². The number of nitriles is 1. The van der Waals surface area contributed by atoms with E-state index in [0.29, 0.717) is 9.87 Å². The van der Waals surface area contributed by atoms with Gasteiger partial charge in [0.05, 0.1) is 6.07 Å². The molecular weight excluding hydrogens is 313 g/mol. The van der Waals surface area contributed by atoms with Gasteiger partial charge >= 0.3 is 6.18 Å². The van der Waals surface area contributed by atoms with E-state index in [1.54, 1.807) is 19.9 Å². The first-order chi connectivity index (χ1) is 9.08. The number of sulfonamides is 1. The van der Waals surface area contributed by atoms with E-state index < -0.39 is 29.3 Å². The van der Waals surface area contributed by atoms with E-state index in [0.717, 1.165) is 16.2 Å². The summed E-state index contributed by atoms with van der Waals surface area (Å²) in [5, 5.41) is 8.45. The Bertz CT molecular complexity index is 595. The first-order valence-corrected chi connectivity index (χ1v) is 7.84. The van der Waals surface area contributed by atoms with Crippen molar-refractivity contribution in [1.29, 1.82) is 5.26 Å². The first-order valence-electron chi connectivity index (χ1n) is 5.59. The highest BCUT2D eigenvalue weighted by Crippen LogP contribution is 2.29. The van der Waals surface area contributed by atoms with Crippen LogP contribution in [-0.2, 0) is 10.0 Å². The lowest BCUT2D eigenvalue weighted by atomic mass is 10.3. The number of hydrogen-bond donors (Lipinski definition) is 0. The summed E-state index contributed by atoms with van der Waals surface area (Å²) in [6.45, 7) is 1.32. The Hall–Kier alpha value is -1.11. The molecule has 0 N–H and O–H groups in total. The fraction of sp³-hybridized carbons (Fsp3) is 0.545. The lowest BCUT2D eigenvalue weighted by Crippen LogP contribution is -2.39. The van der Waals surface area contributed by atoms with Crippen LogP contribution >= 0.6 is 11.3 Å². The van der Waals surface area contributed by atoms with Crippen LogP contribution < -0.4 is 0 Å². The van der Waals surface area contributed by atoms with Gasteiger partial charge in [0.25, 0.3) is 10.0 Å². The second-order valence-electron chi connectivity index (χ2n) is 4.17. The Morgan fingerprint density at radius 1 is 1.40 bits per heavy atom. The molecular formula is C11H13F3N2O2S2. The van der Waals surface area contributed by atoms with E-state index in [1.165, 1.54) is 6.07 Å². The van der Waals surface area contributed by atoms with Gasteiger partial charge in [0.15, 0.2) is 0 Å². The maximum absolute atomic E-state index is 12.5. The molecule has 0 fully saturated rings. The van der Waals surface area contributed by atoms with Gasteiger partial charge in [-0.25, -0.2) is 8.42 Å². The molecule has 1 heterocycles. The zero-order valence-corrected chi connectivity index (χ0v) is 12.5. The second kappa shape index (κ2) is 6.11. The average molecular weight is 326 g/mol. The van der Waals surface area contributed by atoms with Crippen molar-refractivity contribution in [2.45, 2.75) is 30.7 Å². The molecule has 112 valence electrons. The number of hydrogen-bond acceptors (Lipinski definition) is 4. The zero-order chi connectivity index (χ0) is 15.6. The van der Waals surface area contributed by atoms with Crippen LogP contribution in [0, 0.1) is 25.2 Å². The van der Waals surface area contributed by atoms with E-state index in [2.05, 4.69) is 0 Å². The molecule has 0 aromatic carbocycles. The lowest BCUT2D eigenvalue weighted by molar-refractivity contribution is -0.136. The number of alkyl halides is 3. The third-order valence-electron chi connectivity index (χ3n) is 2.57. The van der Waals surface area contributed by atoms with Crippen molar-refractivity contribution in [2.75, 3.05) is 13.1 Å². The van der Waals surface area contributed by atoms with Crippen molar-refractivity contribution in [1.82, 2.24) is 4.31 Å². The van der Waals surface area contributed by atoms with E-state index in [-0.39, 0.29) is 10.6 Å². The van der Waals surface area contributed by atoms with Gasteiger partial charge in [-0.15, -0.1) is 11.3 Å². The molecule has 0 bridgehead atoms. The molecule has 0 aliphatic carbocycles. The quantitative estimate of drug-likeness (QED) is 0.836. The third-order valence-corrected chi connectivity index (χ3v) is 6.01. The van der Waals surface area contributed by atoms with Crippen LogP contribution in [0.1, 0.15) is 16.9 Å². The Morgan fingerprint density at radius 3 is 2.40 bits per heavy atom. The molecule has 0 radical (unpaired) electrons. The van der Waals surface area contributed by atoms with Gasteiger partial charge in [-0.05, 0) is 25.5 Å². The van der Waals surface area contributed by atoms with E-state index >= 15 is 0 Å². The molecule has 0 amide bonds. The minimum Gasteiger partial charge on any atom is -0.206 e. The van der Waals surface area contributed by atoms with Crippen molar-refractivity contribution in [2.24, 2.45) is 0 Å². The third kappa shape index (κ3) is 4.19. The molecule has 20 heavy (non-hydrogen) atoms. The Labute approximate surface area is 119 Å². The summed E-state index contributed by atoms with van der Waals surface area (Å²) in [4.78, 5) is 0.732. The van der Waals surface area contributed by atoms with Crippen molar-refractivity contribution >= 4 is 21.4 Å². The molecule has 1 aromatic heterocycles. The predicted octanol–water partition coefficient (Wildman–Crippen LogP) is 2.83. The molecule has 1 aromatic rings. The van der Waals surface area contributed by atoms with Gasteiger partial charge < -0.3 is 0 Å². The predicted molar refractivity (Wildman–Crippen MR) is 68.8 cm³/mol. The average Bonchev–Trinajstić information content (AvgIpc) is 2.64. The Morgan fingerprint density at radius 2 is 2.00 bits per heavy atom. The molecule has 0 aliphatic rings. The van der Waals surface area contributed by atoms with Gasteiger partial charge in [0, 0.05) is 17.8 Å². The van der Waals surface area contributed by atoms with Gasteiger partial charge in [-0.1, -0.05) is 0 Å². The topological polar surface area (TPSA) is 61.2 Å².